The van der Waals surface area contributed by atoms with E-state index in [1.165, 1.54) is 26.4 Å². The average Bonchev–Trinajstić information content (AvgIpc) is 2.83. The van der Waals surface area contributed by atoms with Crippen LogP contribution in [0.4, 0.5) is 8.78 Å². The van der Waals surface area contributed by atoms with Crippen LogP contribution in [0.2, 0.25) is 0 Å². The largest absolute Gasteiger partial charge is 0.497 e. The number of methoxy groups -OCH3 is 2. The maximum Gasteiger partial charge on any atom is 0.183 e. The van der Waals surface area contributed by atoms with Crippen molar-refractivity contribution in [1.82, 2.24) is 0 Å². The van der Waals surface area contributed by atoms with E-state index < -0.39 is 17.2 Å². The molecule has 0 saturated carbocycles. The second-order valence-corrected chi connectivity index (χ2v) is 7.56. The van der Waals surface area contributed by atoms with Gasteiger partial charge < -0.3 is 14.2 Å². The van der Waals surface area contributed by atoms with Crippen LogP contribution in [0.3, 0.4) is 0 Å². The third-order valence-electron chi connectivity index (χ3n) is 5.84. The Labute approximate surface area is 184 Å². The summed E-state index contributed by atoms with van der Waals surface area (Å²) in [6.45, 7) is 0. The summed E-state index contributed by atoms with van der Waals surface area (Å²) in [6, 6.07) is 20.6. The minimum Gasteiger partial charge on any atom is -0.497 e. The summed E-state index contributed by atoms with van der Waals surface area (Å²) in [5, 5.41) is 2.05. The monoisotopic (exact) mass is 430 g/mol. The van der Waals surface area contributed by atoms with Crippen LogP contribution in [0.25, 0.3) is 16.8 Å². The van der Waals surface area contributed by atoms with Crippen LogP contribution < -0.4 is 14.2 Å². The van der Waals surface area contributed by atoms with Crippen molar-refractivity contribution >= 4 is 16.8 Å². The topological polar surface area (TPSA) is 27.7 Å². The van der Waals surface area contributed by atoms with Crippen LogP contribution in [0.1, 0.15) is 16.7 Å². The summed E-state index contributed by atoms with van der Waals surface area (Å²) < 4.78 is 47.4. The van der Waals surface area contributed by atoms with Crippen molar-refractivity contribution in [2.24, 2.45) is 0 Å². The van der Waals surface area contributed by atoms with Gasteiger partial charge >= 0.3 is 0 Å². The number of halogens is 2. The van der Waals surface area contributed by atoms with Gasteiger partial charge in [0, 0.05) is 28.8 Å². The molecule has 0 radical (unpaired) electrons. The lowest BCUT2D eigenvalue weighted by molar-refractivity contribution is 0.151. The van der Waals surface area contributed by atoms with Crippen LogP contribution in [0.15, 0.2) is 78.9 Å². The van der Waals surface area contributed by atoms with Gasteiger partial charge in [-0.15, -0.1) is 0 Å². The molecular formula is C27H20F2O3. The second-order valence-electron chi connectivity index (χ2n) is 7.56. The summed E-state index contributed by atoms with van der Waals surface area (Å²) in [5.41, 5.74) is -0.293. The first kappa shape index (κ1) is 20.1. The van der Waals surface area contributed by atoms with Crippen LogP contribution in [0, 0.1) is 11.6 Å². The summed E-state index contributed by atoms with van der Waals surface area (Å²) >= 11 is 0. The zero-order valence-corrected chi connectivity index (χ0v) is 17.6. The molecule has 3 nitrogen and oxygen atoms in total. The molecule has 0 spiro atoms. The molecule has 4 aromatic carbocycles. The van der Waals surface area contributed by atoms with Crippen molar-refractivity contribution in [3.8, 4) is 17.2 Å². The van der Waals surface area contributed by atoms with Gasteiger partial charge in [0.15, 0.2) is 5.60 Å². The van der Waals surface area contributed by atoms with Gasteiger partial charge in [0.1, 0.15) is 28.9 Å². The van der Waals surface area contributed by atoms with Crippen molar-refractivity contribution in [3.63, 3.8) is 0 Å². The number of hydrogen-bond donors (Lipinski definition) is 0. The molecule has 1 aliphatic heterocycles. The molecule has 1 heterocycles. The fraction of sp³-hybridized carbons (Fsp3) is 0.111. The molecule has 1 aliphatic rings. The first-order valence-corrected chi connectivity index (χ1v) is 10.1. The number of fused-ring (bicyclic) bond motifs is 3. The quantitative estimate of drug-likeness (QED) is 0.371. The molecule has 0 atom stereocenters. The molecule has 0 bridgehead atoms. The van der Waals surface area contributed by atoms with E-state index >= 15 is 8.78 Å². The van der Waals surface area contributed by atoms with E-state index in [1.54, 1.807) is 30.3 Å². The fourth-order valence-electron chi connectivity index (χ4n) is 4.23. The van der Waals surface area contributed by atoms with Gasteiger partial charge in [0.05, 0.1) is 14.2 Å². The molecule has 5 rings (SSSR count). The van der Waals surface area contributed by atoms with E-state index in [9.17, 15) is 0 Å². The zero-order valence-electron chi connectivity index (χ0n) is 17.6. The molecule has 5 heteroatoms. The second kappa shape index (κ2) is 7.68. The highest BCUT2D eigenvalue weighted by Crippen LogP contribution is 2.46. The first-order valence-electron chi connectivity index (χ1n) is 10.1. The van der Waals surface area contributed by atoms with E-state index in [0.717, 1.165) is 16.3 Å². The van der Waals surface area contributed by atoms with Crippen molar-refractivity contribution in [2.45, 2.75) is 5.60 Å². The standard InChI is InChI=1S/C27H20F2O3/c1-30-18-8-10-22(24(28)15-18)27(23-11-9-19(31-2)16-25(23)29)14-13-21-20-6-4-3-5-17(20)7-12-26(21)32-27/h3-16H,1-2H3. The van der Waals surface area contributed by atoms with E-state index in [1.807, 2.05) is 42.5 Å². The highest BCUT2D eigenvalue weighted by Gasteiger charge is 2.41. The Bertz CT molecular complexity index is 1310. The number of benzene rings is 4. The van der Waals surface area contributed by atoms with Gasteiger partial charge in [-0.1, -0.05) is 30.3 Å². The third-order valence-corrected chi connectivity index (χ3v) is 5.84. The molecule has 0 aliphatic carbocycles. The lowest BCUT2D eigenvalue weighted by atomic mass is 9.82. The predicted molar refractivity (Wildman–Crippen MR) is 120 cm³/mol. The van der Waals surface area contributed by atoms with Gasteiger partial charge in [0.2, 0.25) is 0 Å². The van der Waals surface area contributed by atoms with Gasteiger partial charge in [-0.2, -0.15) is 0 Å². The number of hydrogen-bond acceptors (Lipinski definition) is 3. The van der Waals surface area contributed by atoms with Gasteiger partial charge in [-0.3, -0.25) is 0 Å². The maximum atomic E-state index is 15.3. The van der Waals surface area contributed by atoms with Gasteiger partial charge in [0.25, 0.3) is 0 Å². The normalized spacial score (nSPS) is 14.0. The van der Waals surface area contributed by atoms with Crippen molar-refractivity contribution in [2.75, 3.05) is 14.2 Å². The Balaban J connectivity index is 1.76. The van der Waals surface area contributed by atoms with Crippen LogP contribution in [-0.4, -0.2) is 14.2 Å². The average molecular weight is 430 g/mol. The zero-order chi connectivity index (χ0) is 22.3. The molecule has 0 saturated heterocycles. The van der Waals surface area contributed by atoms with Crippen LogP contribution in [0.5, 0.6) is 17.2 Å². The smallest absolute Gasteiger partial charge is 0.183 e. The highest BCUT2D eigenvalue weighted by atomic mass is 19.1. The summed E-state index contributed by atoms with van der Waals surface area (Å²) in [7, 11) is 2.93. The molecule has 32 heavy (non-hydrogen) atoms. The number of rotatable bonds is 4. The van der Waals surface area contributed by atoms with Gasteiger partial charge in [-0.05, 0) is 53.3 Å². The summed E-state index contributed by atoms with van der Waals surface area (Å²) in [6.07, 6.45) is 3.58. The summed E-state index contributed by atoms with van der Waals surface area (Å²) in [5.74, 6) is 0.143. The lowest BCUT2D eigenvalue weighted by Gasteiger charge is -2.36. The SMILES string of the molecule is COc1ccc(C2(c3ccc(OC)cc3F)C=Cc3c(ccc4ccccc34)O2)c(F)c1. The van der Waals surface area contributed by atoms with Gasteiger partial charge in [-0.25, -0.2) is 8.78 Å². The molecule has 0 N–H and O–H groups in total. The molecule has 0 fully saturated rings. The molecular weight excluding hydrogens is 410 g/mol. The minimum absolute atomic E-state index is 0.178. The van der Waals surface area contributed by atoms with Crippen molar-refractivity contribution < 1.29 is 23.0 Å². The van der Waals surface area contributed by atoms with Crippen molar-refractivity contribution in [1.29, 1.82) is 0 Å². The molecule has 0 amide bonds. The van der Waals surface area contributed by atoms with Crippen molar-refractivity contribution in [3.05, 3.63) is 107 Å². The Hall–Kier alpha value is -3.86. The Morgan fingerprint density at radius 2 is 1.38 bits per heavy atom. The fourth-order valence-corrected chi connectivity index (χ4v) is 4.23. The molecule has 160 valence electrons. The highest BCUT2D eigenvalue weighted by molar-refractivity contribution is 5.94. The Morgan fingerprint density at radius 1 is 0.750 bits per heavy atom. The first-order chi connectivity index (χ1) is 15.6. The van der Waals surface area contributed by atoms with E-state index in [-0.39, 0.29) is 11.1 Å². The van der Waals surface area contributed by atoms with E-state index in [0.29, 0.717) is 17.2 Å². The lowest BCUT2D eigenvalue weighted by Crippen LogP contribution is -2.36. The minimum atomic E-state index is -1.51. The predicted octanol–water partition coefficient (Wildman–Crippen LogP) is 6.48. The Kier molecular flexibility index (Phi) is 4.82. The molecule has 0 aromatic heterocycles. The summed E-state index contributed by atoms with van der Waals surface area (Å²) in [4.78, 5) is 0. The third kappa shape index (κ3) is 3.09. The molecule has 4 aromatic rings. The maximum absolute atomic E-state index is 15.3. The van der Waals surface area contributed by atoms with Crippen LogP contribution >= 0.6 is 0 Å². The molecule has 0 unspecified atom stereocenters. The van der Waals surface area contributed by atoms with Crippen LogP contribution in [-0.2, 0) is 5.60 Å². The Morgan fingerprint density at radius 3 is 1.97 bits per heavy atom. The number of ether oxygens (including phenoxy) is 3. The van der Waals surface area contributed by atoms with E-state index in [2.05, 4.69) is 0 Å². The van der Waals surface area contributed by atoms with E-state index in [4.69, 9.17) is 14.2 Å².